The molecular weight excluding hydrogens is 426 g/mol. The lowest BCUT2D eigenvalue weighted by Crippen LogP contribution is -2.55. The van der Waals surface area contributed by atoms with Crippen LogP contribution in [-0.2, 0) is 20.8 Å². The van der Waals surface area contributed by atoms with Crippen molar-refractivity contribution in [1.82, 2.24) is 15.6 Å². The van der Waals surface area contributed by atoms with Gasteiger partial charge in [-0.2, -0.15) is 0 Å². The number of carbonyl (C=O) groups excluding carboxylic acids is 2. The first-order chi connectivity index (χ1) is 15.6. The molecule has 1 aromatic carbocycles. The molecular formula is C22H33N7O4. The van der Waals surface area contributed by atoms with Crippen LogP contribution in [0.15, 0.2) is 35.5 Å². The average Bonchev–Trinajstić information content (AvgIpc) is 3.15. The molecule has 0 unspecified atom stereocenters. The number of H-pyrrole nitrogens is 1. The predicted molar refractivity (Wildman–Crippen MR) is 126 cm³/mol. The number of carbonyl (C=O) groups is 3. The number of hydrogen-bond donors (Lipinski definition) is 7. The number of fused-ring (bicyclic) bond motifs is 1. The zero-order valence-corrected chi connectivity index (χ0v) is 18.9. The molecule has 10 N–H and O–H groups in total. The molecule has 3 atom stereocenters. The van der Waals surface area contributed by atoms with Gasteiger partial charge >= 0.3 is 5.97 Å². The fourth-order valence-corrected chi connectivity index (χ4v) is 3.45. The maximum absolute atomic E-state index is 12.8. The van der Waals surface area contributed by atoms with Crippen LogP contribution < -0.4 is 27.8 Å². The number of hydrogen-bond acceptors (Lipinski definition) is 5. The fraction of sp³-hybridized carbons (Fsp3) is 0.455. The van der Waals surface area contributed by atoms with Crippen LogP contribution in [0.5, 0.6) is 0 Å². The molecule has 0 spiro atoms. The van der Waals surface area contributed by atoms with Crippen molar-refractivity contribution in [3.8, 4) is 0 Å². The largest absolute Gasteiger partial charge is 0.480 e. The molecule has 2 rings (SSSR count). The Bertz CT molecular complexity index is 998. The van der Waals surface area contributed by atoms with Crippen LogP contribution in [-0.4, -0.2) is 58.5 Å². The third-order valence-electron chi connectivity index (χ3n) is 5.26. The van der Waals surface area contributed by atoms with E-state index in [2.05, 4.69) is 20.6 Å². The molecule has 11 heteroatoms. The number of nitrogens with one attached hydrogen (secondary N) is 3. The van der Waals surface area contributed by atoms with Crippen LogP contribution in [0, 0.1) is 5.92 Å². The number of para-hydroxylation sites is 1. The summed E-state index contributed by atoms with van der Waals surface area (Å²) >= 11 is 0. The van der Waals surface area contributed by atoms with Gasteiger partial charge in [0.2, 0.25) is 11.8 Å². The summed E-state index contributed by atoms with van der Waals surface area (Å²) in [5.41, 5.74) is 18.6. The van der Waals surface area contributed by atoms with E-state index in [1.807, 2.05) is 24.3 Å². The topological polar surface area (TPSA) is 202 Å². The van der Waals surface area contributed by atoms with Crippen molar-refractivity contribution in [2.75, 3.05) is 6.54 Å². The maximum Gasteiger partial charge on any atom is 0.326 e. The summed E-state index contributed by atoms with van der Waals surface area (Å²) in [7, 11) is 0. The number of guanidine groups is 1. The third kappa shape index (κ3) is 7.49. The standard InChI is InChI=1S/C22H33N7O4/c1-12(2)18(21(32)33)29-20(31)17(8-5-9-26-22(24)25)28-19(30)15(23)10-13-11-27-16-7-4-3-6-14(13)16/h3-4,6-7,11-12,15,17-18,27H,5,8-10,23H2,1-2H3,(H,28,30)(H,29,31)(H,32,33)(H4,24,25,26)/t15-,17-,18-/m0/s1. The molecule has 2 amide bonds. The maximum atomic E-state index is 12.8. The average molecular weight is 460 g/mol. The number of carboxylic acids is 1. The Hall–Kier alpha value is -3.60. The molecule has 0 saturated carbocycles. The van der Waals surface area contributed by atoms with Gasteiger partial charge in [-0.3, -0.25) is 14.6 Å². The second kappa shape index (κ2) is 11.9. The van der Waals surface area contributed by atoms with Gasteiger partial charge in [0.1, 0.15) is 12.1 Å². The Labute approximate surface area is 192 Å². The normalized spacial score (nSPS) is 13.8. The number of amides is 2. The van der Waals surface area contributed by atoms with Crippen LogP contribution in [0.1, 0.15) is 32.3 Å². The molecule has 0 fully saturated rings. The molecule has 2 aromatic rings. The Kier molecular flexibility index (Phi) is 9.22. The van der Waals surface area contributed by atoms with E-state index >= 15 is 0 Å². The highest BCUT2D eigenvalue weighted by atomic mass is 16.4. The van der Waals surface area contributed by atoms with E-state index in [0.717, 1.165) is 16.5 Å². The number of aliphatic imine (C=N–C) groups is 1. The lowest BCUT2D eigenvalue weighted by atomic mass is 10.0. The van der Waals surface area contributed by atoms with Gasteiger partial charge in [0, 0.05) is 23.6 Å². The van der Waals surface area contributed by atoms with E-state index in [1.54, 1.807) is 20.0 Å². The molecule has 1 aromatic heterocycles. The Balaban J connectivity index is 2.08. The van der Waals surface area contributed by atoms with Crippen LogP contribution in [0.4, 0.5) is 0 Å². The number of aromatic nitrogens is 1. The van der Waals surface area contributed by atoms with Gasteiger partial charge in [-0.05, 0) is 36.8 Å². The summed E-state index contributed by atoms with van der Waals surface area (Å²) < 4.78 is 0. The SMILES string of the molecule is CC(C)[C@H](NC(=O)[C@H](CCCN=C(N)N)NC(=O)[C@@H](N)Cc1c[nH]c2ccccc12)C(=O)O. The zero-order valence-electron chi connectivity index (χ0n) is 18.9. The number of carboxylic acid groups (broad SMARTS) is 1. The number of nitrogens with zero attached hydrogens (tertiary/aromatic N) is 1. The molecule has 0 radical (unpaired) electrons. The number of aliphatic carboxylic acids is 1. The molecule has 0 aliphatic carbocycles. The number of aromatic amines is 1. The molecule has 0 aliphatic rings. The number of benzene rings is 1. The van der Waals surface area contributed by atoms with E-state index in [0.29, 0.717) is 6.42 Å². The summed E-state index contributed by atoms with van der Waals surface area (Å²) in [5, 5.41) is 15.5. The van der Waals surface area contributed by atoms with Crippen LogP contribution in [0.25, 0.3) is 10.9 Å². The van der Waals surface area contributed by atoms with Gasteiger partial charge in [0.15, 0.2) is 5.96 Å². The smallest absolute Gasteiger partial charge is 0.326 e. The summed E-state index contributed by atoms with van der Waals surface area (Å²) in [6.07, 6.45) is 2.67. The Morgan fingerprint density at radius 3 is 2.45 bits per heavy atom. The molecule has 0 saturated heterocycles. The zero-order chi connectivity index (χ0) is 24.5. The first-order valence-electron chi connectivity index (χ1n) is 10.8. The Morgan fingerprint density at radius 1 is 1.12 bits per heavy atom. The highest BCUT2D eigenvalue weighted by molar-refractivity contribution is 5.92. The molecule has 0 aliphatic heterocycles. The molecule has 180 valence electrons. The van der Waals surface area contributed by atoms with E-state index in [1.165, 1.54) is 0 Å². The van der Waals surface area contributed by atoms with Gasteiger partial charge in [-0.1, -0.05) is 32.0 Å². The van der Waals surface area contributed by atoms with Gasteiger partial charge < -0.3 is 37.9 Å². The van der Waals surface area contributed by atoms with Crippen molar-refractivity contribution in [2.45, 2.75) is 51.2 Å². The van der Waals surface area contributed by atoms with Crippen LogP contribution in [0.2, 0.25) is 0 Å². The lowest BCUT2D eigenvalue weighted by molar-refractivity contribution is -0.143. The highest BCUT2D eigenvalue weighted by Gasteiger charge is 2.29. The van der Waals surface area contributed by atoms with Crippen molar-refractivity contribution < 1.29 is 19.5 Å². The van der Waals surface area contributed by atoms with Crippen molar-refractivity contribution in [2.24, 2.45) is 28.1 Å². The van der Waals surface area contributed by atoms with Gasteiger partial charge in [-0.25, -0.2) is 4.79 Å². The van der Waals surface area contributed by atoms with Crippen molar-refractivity contribution in [1.29, 1.82) is 0 Å². The van der Waals surface area contributed by atoms with Crippen molar-refractivity contribution in [3.05, 3.63) is 36.0 Å². The highest BCUT2D eigenvalue weighted by Crippen LogP contribution is 2.18. The minimum absolute atomic E-state index is 0.0773. The molecule has 1 heterocycles. The van der Waals surface area contributed by atoms with Crippen molar-refractivity contribution >= 4 is 34.6 Å². The minimum Gasteiger partial charge on any atom is -0.480 e. The summed E-state index contributed by atoms with van der Waals surface area (Å²) in [5.74, 6) is -2.69. The summed E-state index contributed by atoms with van der Waals surface area (Å²) in [6, 6.07) is 4.69. The fourth-order valence-electron chi connectivity index (χ4n) is 3.45. The third-order valence-corrected chi connectivity index (χ3v) is 5.26. The van der Waals surface area contributed by atoms with E-state index in [4.69, 9.17) is 17.2 Å². The predicted octanol–water partition coefficient (Wildman–Crippen LogP) is -0.198. The quantitative estimate of drug-likeness (QED) is 0.129. The van der Waals surface area contributed by atoms with E-state index in [-0.39, 0.29) is 31.3 Å². The van der Waals surface area contributed by atoms with Gasteiger partial charge in [0.25, 0.3) is 0 Å². The monoisotopic (exact) mass is 459 g/mol. The lowest BCUT2D eigenvalue weighted by Gasteiger charge is -2.24. The molecule has 11 nitrogen and oxygen atoms in total. The minimum atomic E-state index is -1.15. The molecule has 33 heavy (non-hydrogen) atoms. The second-order valence-electron chi connectivity index (χ2n) is 8.25. The second-order valence-corrected chi connectivity index (χ2v) is 8.25. The van der Waals surface area contributed by atoms with Crippen LogP contribution >= 0.6 is 0 Å². The van der Waals surface area contributed by atoms with Crippen LogP contribution in [0.3, 0.4) is 0 Å². The number of rotatable bonds is 12. The number of nitrogens with two attached hydrogens (primary N) is 3. The summed E-state index contributed by atoms with van der Waals surface area (Å²) in [4.78, 5) is 44.1. The van der Waals surface area contributed by atoms with Crippen molar-refractivity contribution in [3.63, 3.8) is 0 Å². The van der Waals surface area contributed by atoms with Gasteiger partial charge in [0.05, 0.1) is 6.04 Å². The molecule has 0 bridgehead atoms. The first-order valence-corrected chi connectivity index (χ1v) is 10.8. The summed E-state index contributed by atoms with van der Waals surface area (Å²) in [6.45, 7) is 3.63. The Morgan fingerprint density at radius 2 is 1.82 bits per heavy atom. The first kappa shape index (κ1) is 25.7. The van der Waals surface area contributed by atoms with E-state index < -0.39 is 35.9 Å². The van der Waals surface area contributed by atoms with Gasteiger partial charge in [-0.15, -0.1) is 0 Å². The van der Waals surface area contributed by atoms with E-state index in [9.17, 15) is 19.5 Å².